The predicted octanol–water partition coefficient (Wildman–Crippen LogP) is 2.80. The third-order valence-corrected chi connectivity index (χ3v) is 3.53. The van der Waals surface area contributed by atoms with Gasteiger partial charge in [0.1, 0.15) is 0 Å². The number of aromatic nitrogens is 1. The van der Waals surface area contributed by atoms with Gasteiger partial charge in [-0.2, -0.15) is 0 Å². The molecule has 0 aliphatic heterocycles. The van der Waals surface area contributed by atoms with Gasteiger partial charge in [-0.1, -0.05) is 12.1 Å². The van der Waals surface area contributed by atoms with Crippen LogP contribution in [0.2, 0.25) is 0 Å². The number of halogens is 1. The maximum absolute atomic E-state index is 12.4. The fourth-order valence-corrected chi connectivity index (χ4v) is 2.03. The lowest BCUT2D eigenvalue weighted by Crippen LogP contribution is -2.29. The van der Waals surface area contributed by atoms with E-state index in [9.17, 15) is 4.79 Å². The number of nitrogens with two attached hydrogens (primary N) is 1. The van der Waals surface area contributed by atoms with Crippen molar-refractivity contribution in [2.75, 3.05) is 7.05 Å². The molecule has 0 saturated heterocycles. The van der Waals surface area contributed by atoms with Gasteiger partial charge in [0.25, 0.3) is 5.91 Å². The quantitative estimate of drug-likeness (QED) is 0.945. The van der Waals surface area contributed by atoms with E-state index in [-0.39, 0.29) is 24.4 Å². The molecule has 0 fully saturated rings. The van der Waals surface area contributed by atoms with Crippen LogP contribution in [0.15, 0.2) is 48.8 Å². The lowest BCUT2D eigenvalue weighted by atomic mass is 10.1. The van der Waals surface area contributed by atoms with Crippen molar-refractivity contribution in [3.05, 3.63) is 65.5 Å². The van der Waals surface area contributed by atoms with Crippen LogP contribution in [0.25, 0.3) is 0 Å². The summed E-state index contributed by atoms with van der Waals surface area (Å²) in [6.45, 7) is 2.49. The first kappa shape index (κ1) is 17.1. The van der Waals surface area contributed by atoms with Gasteiger partial charge in [-0.15, -0.1) is 12.4 Å². The van der Waals surface area contributed by atoms with Crippen molar-refractivity contribution >= 4 is 18.3 Å². The van der Waals surface area contributed by atoms with Crippen LogP contribution < -0.4 is 5.73 Å². The number of carbonyl (C=O) groups is 1. The van der Waals surface area contributed by atoms with Gasteiger partial charge >= 0.3 is 0 Å². The summed E-state index contributed by atoms with van der Waals surface area (Å²) in [5.74, 6) is -0.00196. The van der Waals surface area contributed by atoms with Crippen LogP contribution in [-0.4, -0.2) is 22.8 Å². The van der Waals surface area contributed by atoms with Crippen LogP contribution >= 0.6 is 12.4 Å². The van der Waals surface area contributed by atoms with E-state index in [0.29, 0.717) is 12.1 Å². The molecular weight excluding hydrogens is 286 g/mol. The van der Waals surface area contributed by atoms with Gasteiger partial charge in [-0.3, -0.25) is 9.78 Å². The number of amides is 1. The van der Waals surface area contributed by atoms with E-state index in [1.807, 2.05) is 50.4 Å². The van der Waals surface area contributed by atoms with Gasteiger partial charge in [0.2, 0.25) is 0 Å². The summed E-state index contributed by atoms with van der Waals surface area (Å²) >= 11 is 0. The minimum atomic E-state index is -0.00196. The highest BCUT2D eigenvalue weighted by Gasteiger charge is 2.18. The summed E-state index contributed by atoms with van der Waals surface area (Å²) in [7, 11) is 1.81. The van der Waals surface area contributed by atoms with Crippen molar-refractivity contribution in [3.63, 3.8) is 0 Å². The molecule has 0 spiro atoms. The highest BCUT2D eigenvalue weighted by atomic mass is 35.5. The Morgan fingerprint density at radius 2 is 1.76 bits per heavy atom. The number of hydrogen-bond acceptors (Lipinski definition) is 3. The molecule has 4 nitrogen and oxygen atoms in total. The Morgan fingerprint density at radius 3 is 2.29 bits per heavy atom. The van der Waals surface area contributed by atoms with Crippen molar-refractivity contribution in [2.24, 2.45) is 5.73 Å². The van der Waals surface area contributed by atoms with E-state index < -0.39 is 0 Å². The van der Waals surface area contributed by atoms with Crippen LogP contribution in [0.1, 0.15) is 34.5 Å². The van der Waals surface area contributed by atoms with Gasteiger partial charge in [-0.05, 0) is 42.3 Å². The normalized spacial score (nSPS) is 11.4. The average molecular weight is 306 g/mol. The first-order chi connectivity index (χ1) is 9.63. The third-order valence-electron chi connectivity index (χ3n) is 3.53. The largest absolute Gasteiger partial charge is 0.335 e. The fourth-order valence-electron chi connectivity index (χ4n) is 2.03. The Bertz CT molecular complexity index is 572. The zero-order valence-electron chi connectivity index (χ0n) is 12.2. The maximum atomic E-state index is 12.4. The van der Waals surface area contributed by atoms with Crippen LogP contribution in [0.3, 0.4) is 0 Å². The molecule has 1 heterocycles. The smallest absolute Gasteiger partial charge is 0.254 e. The van der Waals surface area contributed by atoms with Crippen molar-refractivity contribution in [2.45, 2.75) is 19.5 Å². The molecule has 2 rings (SSSR count). The first-order valence-corrected chi connectivity index (χ1v) is 6.59. The lowest BCUT2D eigenvalue weighted by Gasteiger charge is -2.25. The van der Waals surface area contributed by atoms with Gasteiger partial charge in [0.05, 0.1) is 6.04 Å². The lowest BCUT2D eigenvalue weighted by molar-refractivity contribution is 0.0742. The summed E-state index contributed by atoms with van der Waals surface area (Å²) in [5.41, 5.74) is 8.31. The van der Waals surface area contributed by atoms with Crippen molar-refractivity contribution in [1.82, 2.24) is 9.88 Å². The van der Waals surface area contributed by atoms with Crippen LogP contribution in [0.4, 0.5) is 0 Å². The van der Waals surface area contributed by atoms with Crippen molar-refractivity contribution in [1.29, 1.82) is 0 Å². The Hall–Kier alpha value is -1.91. The summed E-state index contributed by atoms with van der Waals surface area (Å²) in [4.78, 5) is 18.2. The Kier molecular flexibility index (Phi) is 6.34. The Labute approximate surface area is 131 Å². The van der Waals surface area contributed by atoms with E-state index in [1.165, 1.54) is 0 Å². The molecule has 0 bridgehead atoms. The molecule has 1 amide bonds. The second kappa shape index (κ2) is 7.76. The number of rotatable bonds is 4. The zero-order chi connectivity index (χ0) is 14.5. The van der Waals surface area contributed by atoms with Crippen LogP contribution in [0, 0.1) is 0 Å². The fraction of sp³-hybridized carbons (Fsp3) is 0.250. The number of nitrogens with zero attached hydrogens (tertiary/aromatic N) is 2. The molecular formula is C16H20ClN3O. The minimum Gasteiger partial charge on any atom is -0.335 e. The van der Waals surface area contributed by atoms with Crippen LogP contribution in [-0.2, 0) is 6.54 Å². The third kappa shape index (κ3) is 4.03. The predicted molar refractivity (Wildman–Crippen MR) is 86.3 cm³/mol. The molecule has 0 saturated carbocycles. The number of carbonyl (C=O) groups excluding carboxylic acids is 1. The van der Waals surface area contributed by atoms with E-state index in [0.717, 1.165) is 11.1 Å². The molecule has 1 aromatic heterocycles. The molecule has 1 atom stereocenters. The molecule has 1 aromatic carbocycles. The SMILES string of the molecule is CC(c1ccncc1)N(C)C(=O)c1ccc(CN)cc1.Cl. The van der Waals surface area contributed by atoms with E-state index in [2.05, 4.69) is 4.98 Å². The summed E-state index contributed by atoms with van der Waals surface area (Å²) < 4.78 is 0. The molecule has 0 radical (unpaired) electrons. The molecule has 2 N–H and O–H groups in total. The van der Waals surface area contributed by atoms with Crippen molar-refractivity contribution in [3.8, 4) is 0 Å². The van der Waals surface area contributed by atoms with E-state index >= 15 is 0 Å². The standard InChI is InChI=1S/C16H19N3O.ClH/c1-12(14-7-9-18-10-8-14)19(2)16(20)15-5-3-13(11-17)4-6-15;/h3-10,12H,11,17H2,1-2H3;1H. The van der Waals surface area contributed by atoms with Gasteiger partial charge in [0.15, 0.2) is 0 Å². The number of hydrogen-bond donors (Lipinski definition) is 1. The van der Waals surface area contributed by atoms with Crippen molar-refractivity contribution < 1.29 is 4.79 Å². The van der Waals surface area contributed by atoms with Crippen LogP contribution in [0.5, 0.6) is 0 Å². The number of benzene rings is 1. The molecule has 5 heteroatoms. The van der Waals surface area contributed by atoms with E-state index in [4.69, 9.17) is 5.73 Å². The molecule has 1 unspecified atom stereocenters. The molecule has 0 aliphatic rings. The van der Waals surface area contributed by atoms with Gasteiger partial charge in [-0.25, -0.2) is 0 Å². The molecule has 112 valence electrons. The first-order valence-electron chi connectivity index (χ1n) is 6.59. The highest BCUT2D eigenvalue weighted by Crippen LogP contribution is 2.20. The van der Waals surface area contributed by atoms with Gasteiger partial charge in [0, 0.05) is 31.5 Å². The van der Waals surface area contributed by atoms with Gasteiger partial charge < -0.3 is 10.6 Å². The Balaban J connectivity index is 0.00000220. The molecule has 21 heavy (non-hydrogen) atoms. The minimum absolute atomic E-state index is 0. The second-order valence-corrected chi connectivity index (χ2v) is 4.77. The second-order valence-electron chi connectivity index (χ2n) is 4.77. The zero-order valence-corrected chi connectivity index (χ0v) is 13.0. The highest BCUT2D eigenvalue weighted by molar-refractivity contribution is 5.94. The molecule has 0 aliphatic carbocycles. The maximum Gasteiger partial charge on any atom is 0.254 e. The monoisotopic (exact) mass is 305 g/mol. The number of pyridine rings is 1. The molecule has 2 aromatic rings. The van der Waals surface area contributed by atoms with E-state index in [1.54, 1.807) is 17.3 Å². The summed E-state index contributed by atoms with van der Waals surface area (Å²) in [6.07, 6.45) is 3.47. The average Bonchev–Trinajstić information content (AvgIpc) is 2.53. The topological polar surface area (TPSA) is 59.2 Å². The Morgan fingerprint density at radius 1 is 1.19 bits per heavy atom. The summed E-state index contributed by atoms with van der Waals surface area (Å²) in [5, 5.41) is 0. The summed E-state index contributed by atoms with van der Waals surface area (Å²) in [6, 6.07) is 11.3.